The fourth-order valence-electron chi connectivity index (χ4n) is 0.794. The summed E-state index contributed by atoms with van der Waals surface area (Å²) in [5.41, 5.74) is 0.292. The number of carbonyl (C=O) groups excluding carboxylic acids is 1. The Kier molecular flexibility index (Phi) is 3.59. The number of hydrogen-bond acceptors (Lipinski definition) is 2. The van der Waals surface area contributed by atoms with E-state index in [1.165, 1.54) is 13.2 Å². The molecule has 0 aliphatic heterocycles. The first kappa shape index (κ1) is 10.8. The van der Waals surface area contributed by atoms with Crippen LogP contribution in [0.4, 0.5) is 0 Å². The Balaban J connectivity index is 3.26. The highest BCUT2D eigenvalue weighted by molar-refractivity contribution is 9.10. The second kappa shape index (κ2) is 4.31. The Morgan fingerprint density at radius 3 is 2.62 bits per heavy atom. The molecule has 0 heterocycles. The summed E-state index contributed by atoms with van der Waals surface area (Å²) < 4.78 is 5.02. The second-order valence-electron chi connectivity index (χ2n) is 2.21. The standard InChI is InChI=1S/C8H5BrCl2O2/c1-13-8(12)4-2-3-5(10)6(9)7(4)11/h2-3H,1H3. The Hall–Kier alpha value is -0.250. The van der Waals surface area contributed by atoms with Gasteiger partial charge in [-0.15, -0.1) is 0 Å². The van der Waals surface area contributed by atoms with Crippen LogP contribution in [-0.2, 0) is 4.74 Å². The summed E-state index contributed by atoms with van der Waals surface area (Å²) in [4.78, 5) is 11.1. The first-order valence-electron chi connectivity index (χ1n) is 3.29. The van der Waals surface area contributed by atoms with E-state index in [1.807, 2.05) is 0 Å². The lowest BCUT2D eigenvalue weighted by atomic mass is 10.2. The van der Waals surface area contributed by atoms with Crippen LogP contribution in [0.15, 0.2) is 16.6 Å². The van der Waals surface area contributed by atoms with Gasteiger partial charge in [-0.3, -0.25) is 0 Å². The van der Waals surface area contributed by atoms with Crippen LogP contribution in [0.2, 0.25) is 10.0 Å². The van der Waals surface area contributed by atoms with Crippen LogP contribution in [0, 0.1) is 0 Å². The first-order valence-corrected chi connectivity index (χ1v) is 4.84. The van der Waals surface area contributed by atoms with Gasteiger partial charge < -0.3 is 4.74 Å². The summed E-state index contributed by atoms with van der Waals surface area (Å²) in [6, 6.07) is 3.09. The molecule has 0 bridgehead atoms. The van der Waals surface area contributed by atoms with Crippen molar-refractivity contribution in [3.63, 3.8) is 0 Å². The minimum absolute atomic E-state index is 0.263. The van der Waals surface area contributed by atoms with E-state index < -0.39 is 5.97 Å². The zero-order chi connectivity index (χ0) is 10.0. The highest BCUT2D eigenvalue weighted by Gasteiger charge is 2.14. The number of rotatable bonds is 1. The molecule has 1 aromatic carbocycles. The number of ether oxygens (including phenoxy) is 1. The maximum Gasteiger partial charge on any atom is 0.339 e. The lowest BCUT2D eigenvalue weighted by Crippen LogP contribution is -2.02. The number of halogens is 3. The molecule has 0 aromatic heterocycles. The van der Waals surface area contributed by atoms with Crippen molar-refractivity contribution in [2.24, 2.45) is 0 Å². The van der Waals surface area contributed by atoms with E-state index >= 15 is 0 Å². The normalized spacial score (nSPS) is 9.85. The molecule has 2 nitrogen and oxygen atoms in total. The van der Waals surface area contributed by atoms with E-state index in [0.29, 0.717) is 15.1 Å². The van der Waals surface area contributed by atoms with E-state index in [0.717, 1.165) is 0 Å². The molecule has 0 spiro atoms. The van der Waals surface area contributed by atoms with Crippen molar-refractivity contribution in [1.29, 1.82) is 0 Å². The monoisotopic (exact) mass is 282 g/mol. The predicted molar refractivity (Wildman–Crippen MR) is 55.5 cm³/mol. The summed E-state index contributed by atoms with van der Waals surface area (Å²) >= 11 is 14.7. The quantitative estimate of drug-likeness (QED) is 0.582. The fraction of sp³-hybridized carbons (Fsp3) is 0.125. The Bertz CT molecular complexity index is 352. The number of benzene rings is 1. The molecule has 13 heavy (non-hydrogen) atoms. The topological polar surface area (TPSA) is 26.3 Å². The summed E-state index contributed by atoms with van der Waals surface area (Å²) in [6.07, 6.45) is 0. The maximum absolute atomic E-state index is 11.1. The van der Waals surface area contributed by atoms with E-state index in [4.69, 9.17) is 23.2 Å². The molecular weight excluding hydrogens is 279 g/mol. The van der Waals surface area contributed by atoms with Gasteiger partial charge in [0.1, 0.15) is 0 Å². The van der Waals surface area contributed by atoms with Gasteiger partial charge in [0.05, 0.1) is 27.2 Å². The maximum atomic E-state index is 11.1. The van der Waals surface area contributed by atoms with Crippen LogP contribution in [-0.4, -0.2) is 13.1 Å². The van der Waals surface area contributed by atoms with Crippen molar-refractivity contribution in [3.8, 4) is 0 Å². The minimum atomic E-state index is -0.484. The van der Waals surface area contributed by atoms with Crippen molar-refractivity contribution in [2.75, 3.05) is 7.11 Å². The van der Waals surface area contributed by atoms with Gasteiger partial charge in [0.15, 0.2) is 0 Å². The van der Waals surface area contributed by atoms with Crippen LogP contribution < -0.4 is 0 Å². The van der Waals surface area contributed by atoms with Crippen molar-refractivity contribution in [1.82, 2.24) is 0 Å². The van der Waals surface area contributed by atoms with Crippen LogP contribution in [0.5, 0.6) is 0 Å². The Labute approximate surface area is 93.9 Å². The molecule has 0 radical (unpaired) electrons. The van der Waals surface area contributed by atoms with Gasteiger partial charge in [-0.1, -0.05) is 23.2 Å². The lowest BCUT2D eigenvalue weighted by Gasteiger charge is -2.04. The zero-order valence-electron chi connectivity index (χ0n) is 6.61. The molecule has 0 saturated heterocycles. The van der Waals surface area contributed by atoms with Gasteiger partial charge in [-0.05, 0) is 28.1 Å². The molecule has 0 N–H and O–H groups in total. The summed E-state index contributed by atoms with van der Waals surface area (Å²) in [6.45, 7) is 0. The summed E-state index contributed by atoms with van der Waals surface area (Å²) in [5.74, 6) is -0.484. The number of hydrogen-bond donors (Lipinski definition) is 0. The first-order chi connectivity index (χ1) is 6.07. The predicted octanol–water partition coefficient (Wildman–Crippen LogP) is 3.54. The average Bonchev–Trinajstić information content (AvgIpc) is 2.13. The highest BCUT2D eigenvalue weighted by Crippen LogP contribution is 2.33. The van der Waals surface area contributed by atoms with Gasteiger partial charge >= 0.3 is 5.97 Å². The Morgan fingerprint density at radius 2 is 2.08 bits per heavy atom. The van der Waals surface area contributed by atoms with Gasteiger partial charge in [0, 0.05) is 0 Å². The van der Waals surface area contributed by atoms with Gasteiger partial charge in [0.25, 0.3) is 0 Å². The van der Waals surface area contributed by atoms with Crippen molar-refractivity contribution < 1.29 is 9.53 Å². The summed E-state index contributed by atoms with van der Waals surface area (Å²) in [5, 5.41) is 0.719. The molecule has 1 aromatic rings. The molecule has 0 saturated carbocycles. The molecule has 0 fully saturated rings. The number of methoxy groups -OCH3 is 1. The van der Waals surface area contributed by atoms with E-state index in [-0.39, 0.29) is 5.02 Å². The number of carbonyl (C=O) groups is 1. The van der Waals surface area contributed by atoms with Crippen molar-refractivity contribution in [2.45, 2.75) is 0 Å². The van der Waals surface area contributed by atoms with Gasteiger partial charge in [0.2, 0.25) is 0 Å². The second-order valence-corrected chi connectivity index (χ2v) is 3.79. The summed E-state index contributed by atoms with van der Waals surface area (Å²) in [7, 11) is 1.29. The molecule has 0 atom stereocenters. The third kappa shape index (κ3) is 2.16. The third-order valence-electron chi connectivity index (χ3n) is 1.44. The van der Waals surface area contributed by atoms with Crippen LogP contribution in [0.3, 0.4) is 0 Å². The molecule has 0 unspecified atom stereocenters. The molecule has 0 aliphatic rings. The third-order valence-corrected chi connectivity index (χ3v) is 3.43. The molecule has 70 valence electrons. The average molecular weight is 284 g/mol. The molecular formula is C8H5BrCl2O2. The van der Waals surface area contributed by atoms with E-state index in [2.05, 4.69) is 20.7 Å². The minimum Gasteiger partial charge on any atom is -0.465 e. The molecule has 0 amide bonds. The fourth-order valence-corrected chi connectivity index (χ4v) is 1.59. The largest absolute Gasteiger partial charge is 0.465 e. The Morgan fingerprint density at radius 1 is 1.46 bits per heavy atom. The molecule has 5 heteroatoms. The van der Waals surface area contributed by atoms with Crippen LogP contribution in [0.25, 0.3) is 0 Å². The van der Waals surface area contributed by atoms with Crippen molar-refractivity contribution in [3.05, 3.63) is 32.2 Å². The van der Waals surface area contributed by atoms with E-state index in [9.17, 15) is 4.79 Å². The van der Waals surface area contributed by atoms with Crippen molar-refractivity contribution >= 4 is 45.1 Å². The number of esters is 1. The van der Waals surface area contributed by atoms with Gasteiger partial charge in [-0.2, -0.15) is 0 Å². The zero-order valence-corrected chi connectivity index (χ0v) is 9.70. The van der Waals surface area contributed by atoms with Crippen LogP contribution in [0.1, 0.15) is 10.4 Å². The van der Waals surface area contributed by atoms with Gasteiger partial charge in [-0.25, -0.2) is 4.79 Å². The van der Waals surface area contributed by atoms with Crippen LogP contribution >= 0.6 is 39.1 Å². The lowest BCUT2D eigenvalue weighted by molar-refractivity contribution is 0.0601. The smallest absolute Gasteiger partial charge is 0.339 e. The molecule has 1 rings (SSSR count). The highest BCUT2D eigenvalue weighted by atomic mass is 79.9. The SMILES string of the molecule is COC(=O)c1ccc(Cl)c(Br)c1Cl. The molecule has 0 aliphatic carbocycles. The van der Waals surface area contributed by atoms with E-state index in [1.54, 1.807) is 6.07 Å².